The first kappa shape index (κ1) is 16.3. The summed E-state index contributed by atoms with van der Waals surface area (Å²) in [5.41, 5.74) is 0.984. The summed E-state index contributed by atoms with van der Waals surface area (Å²) in [4.78, 5) is 23.5. The van der Waals surface area contributed by atoms with E-state index in [1.165, 1.54) is 30.4 Å². The first-order valence-corrected chi connectivity index (χ1v) is 8.01. The van der Waals surface area contributed by atoms with Crippen LogP contribution in [0.2, 0.25) is 0 Å². The summed E-state index contributed by atoms with van der Waals surface area (Å²) < 4.78 is -0.106. The highest BCUT2D eigenvalue weighted by molar-refractivity contribution is 8.15. The highest BCUT2D eigenvalue weighted by Crippen LogP contribution is 2.33. The third-order valence-corrected chi connectivity index (χ3v) is 4.35. The van der Waals surface area contributed by atoms with E-state index in [0.717, 1.165) is 5.56 Å². The van der Waals surface area contributed by atoms with Crippen LogP contribution in [-0.4, -0.2) is 20.7 Å². The summed E-state index contributed by atoms with van der Waals surface area (Å²) in [6.45, 7) is 7.61. The van der Waals surface area contributed by atoms with E-state index >= 15 is 0 Å². The number of carbonyl (C=O) groups is 2. The number of rotatable bonds is 4. The molecule has 0 aliphatic rings. The molecule has 0 aliphatic carbocycles. The summed E-state index contributed by atoms with van der Waals surface area (Å²) in [5.74, 6) is 0.292. The molecular weight excluding hydrogens is 276 g/mol. The van der Waals surface area contributed by atoms with Crippen molar-refractivity contribution in [3.63, 3.8) is 0 Å². The van der Waals surface area contributed by atoms with Crippen LogP contribution in [-0.2, 0) is 9.59 Å². The van der Waals surface area contributed by atoms with E-state index in [1.807, 2.05) is 51.1 Å². The van der Waals surface area contributed by atoms with Crippen molar-refractivity contribution in [1.82, 2.24) is 0 Å². The normalized spacial score (nSPS) is 13.1. The number of hydrogen-bond donors (Lipinski definition) is 0. The van der Waals surface area contributed by atoms with Crippen LogP contribution in [0.3, 0.4) is 0 Å². The summed E-state index contributed by atoms with van der Waals surface area (Å²) >= 11 is 2.56. The molecule has 1 atom stereocenters. The predicted octanol–water partition coefficient (Wildman–Crippen LogP) is 4.11. The van der Waals surface area contributed by atoms with Crippen LogP contribution < -0.4 is 0 Å². The Kier molecular flexibility index (Phi) is 6.14. The Hall–Kier alpha value is -0.740. The molecule has 0 aliphatic heterocycles. The molecule has 1 aromatic carbocycles. The average molecular weight is 296 g/mol. The summed E-state index contributed by atoms with van der Waals surface area (Å²) in [7, 11) is 0. The van der Waals surface area contributed by atoms with E-state index in [2.05, 4.69) is 0 Å². The Bertz CT molecular complexity index is 435. The van der Waals surface area contributed by atoms with Gasteiger partial charge in [0.1, 0.15) is 0 Å². The Morgan fingerprint density at radius 2 is 1.74 bits per heavy atom. The molecule has 2 nitrogen and oxygen atoms in total. The van der Waals surface area contributed by atoms with Gasteiger partial charge in [-0.3, -0.25) is 9.59 Å². The Morgan fingerprint density at radius 3 is 2.21 bits per heavy atom. The molecule has 0 amide bonds. The quantitative estimate of drug-likeness (QED) is 0.837. The first-order chi connectivity index (χ1) is 8.79. The van der Waals surface area contributed by atoms with Gasteiger partial charge in [0.05, 0.1) is 5.92 Å². The molecule has 0 saturated carbocycles. The molecule has 1 aromatic rings. The maximum absolute atomic E-state index is 12.4. The Balaban J connectivity index is 2.86. The van der Waals surface area contributed by atoms with Crippen LogP contribution in [0.5, 0.6) is 0 Å². The highest BCUT2D eigenvalue weighted by Gasteiger charge is 2.26. The second-order valence-electron chi connectivity index (χ2n) is 5.30. The SMILES string of the molecule is CC(=O)SCC(C(=O)SC(C)(C)C)c1ccccc1. The topological polar surface area (TPSA) is 34.1 Å². The smallest absolute Gasteiger partial charge is 0.197 e. The molecule has 0 heterocycles. The Labute approximate surface area is 123 Å². The van der Waals surface area contributed by atoms with Crippen molar-refractivity contribution >= 4 is 33.8 Å². The van der Waals surface area contributed by atoms with Crippen LogP contribution in [0.4, 0.5) is 0 Å². The molecular formula is C15H20O2S2. The van der Waals surface area contributed by atoms with Crippen LogP contribution >= 0.6 is 23.5 Å². The summed E-state index contributed by atoms with van der Waals surface area (Å²) in [5, 5.41) is 0.182. The molecule has 0 aromatic heterocycles. The molecule has 0 bridgehead atoms. The van der Waals surface area contributed by atoms with Gasteiger partial charge in [-0.25, -0.2) is 0 Å². The largest absolute Gasteiger partial charge is 0.288 e. The number of thioether (sulfide) groups is 2. The molecule has 0 saturated heterocycles. The minimum absolute atomic E-state index is 0.0505. The van der Waals surface area contributed by atoms with Gasteiger partial charge >= 0.3 is 0 Å². The van der Waals surface area contributed by atoms with Gasteiger partial charge in [-0.05, 0) is 5.56 Å². The van der Waals surface area contributed by atoms with E-state index in [0.29, 0.717) is 5.75 Å². The molecule has 0 N–H and O–H groups in total. The lowest BCUT2D eigenvalue weighted by atomic mass is 10.0. The fourth-order valence-electron chi connectivity index (χ4n) is 1.56. The summed E-state index contributed by atoms with van der Waals surface area (Å²) in [6.07, 6.45) is 0. The predicted molar refractivity (Wildman–Crippen MR) is 84.7 cm³/mol. The van der Waals surface area contributed by atoms with Crippen LogP contribution in [0, 0.1) is 0 Å². The molecule has 0 fully saturated rings. The van der Waals surface area contributed by atoms with Gasteiger partial charge in [-0.1, -0.05) is 74.6 Å². The zero-order chi connectivity index (χ0) is 14.5. The molecule has 1 unspecified atom stereocenters. The number of benzene rings is 1. The lowest BCUT2D eigenvalue weighted by molar-refractivity contribution is -0.111. The van der Waals surface area contributed by atoms with Gasteiger partial charge in [-0.15, -0.1) is 0 Å². The lowest BCUT2D eigenvalue weighted by Crippen LogP contribution is -2.19. The van der Waals surface area contributed by atoms with Crippen molar-refractivity contribution in [2.75, 3.05) is 5.75 Å². The second kappa shape index (κ2) is 7.15. The second-order valence-corrected chi connectivity index (χ2v) is 8.33. The summed E-state index contributed by atoms with van der Waals surface area (Å²) in [6, 6.07) is 9.69. The van der Waals surface area contributed by atoms with Crippen molar-refractivity contribution in [2.45, 2.75) is 38.4 Å². The van der Waals surface area contributed by atoms with Crippen molar-refractivity contribution in [2.24, 2.45) is 0 Å². The zero-order valence-corrected chi connectivity index (χ0v) is 13.4. The maximum Gasteiger partial charge on any atom is 0.197 e. The van der Waals surface area contributed by atoms with Gasteiger partial charge in [0, 0.05) is 17.4 Å². The van der Waals surface area contributed by atoms with Crippen LogP contribution in [0.25, 0.3) is 0 Å². The first-order valence-electron chi connectivity index (χ1n) is 6.21. The molecule has 0 radical (unpaired) electrons. The maximum atomic E-state index is 12.4. The van der Waals surface area contributed by atoms with Gasteiger partial charge in [-0.2, -0.15) is 0 Å². The van der Waals surface area contributed by atoms with E-state index in [4.69, 9.17) is 0 Å². The van der Waals surface area contributed by atoms with Crippen LogP contribution in [0.15, 0.2) is 30.3 Å². The van der Waals surface area contributed by atoms with Crippen molar-refractivity contribution in [3.05, 3.63) is 35.9 Å². The fourth-order valence-corrected chi connectivity index (χ4v) is 3.38. The minimum atomic E-state index is -0.223. The molecule has 0 spiro atoms. The van der Waals surface area contributed by atoms with Crippen molar-refractivity contribution in [3.8, 4) is 0 Å². The Morgan fingerprint density at radius 1 is 1.16 bits per heavy atom. The van der Waals surface area contributed by atoms with E-state index < -0.39 is 0 Å². The van der Waals surface area contributed by atoms with Gasteiger partial charge in [0.15, 0.2) is 10.2 Å². The minimum Gasteiger partial charge on any atom is -0.288 e. The average Bonchev–Trinajstić information content (AvgIpc) is 2.27. The number of carbonyl (C=O) groups excluding carboxylic acids is 2. The molecule has 4 heteroatoms. The fraction of sp³-hybridized carbons (Fsp3) is 0.467. The van der Waals surface area contributed by atoms with E-state index in [1.54, 1.807) is 0 Å². The number of hydrogen-bond acceptors (Lipinski definition) is 4. The van der Waals surface area contributed by atoms with Crippen LogP contribution in [0.1, 0.15) is 39.2 Å². The van der Waals surface area contributed by atoms with E-state index in [9.17, 15) is 9.59 Å². The molecule has 1 rings (SSSR count). The lowest BCUT2D eigenvalue weighted by Gasteiger charge is -2.21. The zero-order valence-electron chi connectivity index (χ0n) is 11.8. The molecule has 19 heavy (non-hydrogen) atoms. The third kappa shape index (κ3) is 6.30. The third-order valence-electron chi connectivity index (χ3n) is 2.35. The van der Waals surface area contributed by atoms with Gasteiger partial charge in [0.25, 0.3) is 0 Å². The highest BCUT2D eigenvalue weighted by atomic mass is 32.2. The van der Waals surface area contributed by atoms with E-state index in [-0.39, 0.29) is 20.9 Å². The van der Waals surface area contributed by atoms with Crippen molar-refractivity contribution in [1.29, 1.82) is 0 Å². The van der Waals surface area contributed by atoms with Crippen molar-refractivity contribution < 1.29 is 9.59 Å². The standard InChI is InChI=1S/C15H20O2S2/c1-11(16)18-10-13(12-8-6-5-7-9-12)14(17)19-15(2,3)4/h5-9,13H,10H2,1-4H3. The van der Waals surface area contributed by atoms with Gasteiger partial charge in [0.2, 0.25) is 0 Å². The van der Waals surface area contributed by atoms with Gasteiger partial charge < -0.3 is 0 Å². The molecule has 104 valence electrons. The monoisotopic (exact) mass is 296 g/mol.